The van der Waals surface area contributed by atoms with Gasteiger partial charge >= 0.3 is 0 Å². The van der Waals surface area contributed by atoms with Crippen molar-refractivity contribution in [2.75, 3.05) is 5.73 Å². The molecule has 1 aromatic carbocycles. The van der Waals surface area contributed by atoms with Gasteiger partial charge in [-0.1, -0.05) is 12.8 Å². The lowest BCUT2D eigenvalue weighted by Gasteiger charge is -2.13. The molecule has 0 unspecified atom stereocenters. The van der Waals surface area contributed by atoms with Crippen LogP contribution in [0.4, 0.5) is 5.69 Å². The summed E-state index contributed by atoms with van der Waals surface area (Å²) in [7, 11) is 0. The van der Waals surface area contributed by atoms with Crippen molar-refractivity contribution in [2.24, 2.45) is 0 Å². The van der Waals surface area contributed by atoms with Gasteiger partial charge in [-0.2, -0.15) is 0 Å². The highest BCUT2D eigenvalue weighted by Crippen LogP contribution is 2.32. The van der Waals surface area contributed by atoms with E-state index in [1.165, 1.54) is 25.7 Å². The molecular weight excluding hydrogens is 212 g/mol. The van der Waals surface area contributed by atoms with E-state index in [2.05, 4.69) is 14.8 Å². The molecule has 2 N–H and O–H groups in total. The van der Waals surface area contributed by atoms with Crippen LogP contribution in [0.1, 0.15) is 31.7 Å². The van der Waals surface area contributed by atoms with E-state index in [9.17, 15) is 0 Å². The third-order valence-corrected chi connectivity index (χ3v) is 3.46. The second-order valence-electron chi connectivity index (χ2n) is 4.62. The maximum atomic E-state index is 5.70. The molecule has 4 nitrogen and oxygen atoms in total. The third-order valence-electron chi connectivity index (χ3n) is 3.46. The number of anilines is 1. The molecule has 0 atom stereocenters. The number of nitrogens with zero attached hydrogens (tertiary/aromatic N) is 3. The Labute approximate surface area is 100 Å². The van der Waals surface area contributed by atoms with Gasteiger partial charge in [0.1, 0.15) is 6.33 Å². The van der Waals surface area contributed by atoms with Crippen LogP contribution in [-0.2, 0) is 0 Å². The Morgan fingerprint density at radius 2 is 1.82 bits per heavy atom. The van der Waals surface area contributed by atoms with Crippen LogP contribution in [-0.4, -0.2) is 14.8 Å². The van der Waals surface area contributed by atoms with Crippen molar-refractivity contribution < 1.29 is 0 Å². The Hall–Kier alpha value is -1.84. The SMILES string of the molecule is Nc1ccc(-c2nncn2C2CCCC2)cc1. The highest BCUT2D eigenvalue weighted by atomic mass is 15.3. The fraction of sp³-hybridized carbons (Fsp3) is 0.385. The van der Waals surface area contributed by atoms with Crippen molar-refractivity contribution in [3.05, 3.63) is 30.6 Å². The fourth-order valence-electron chi connectivity index (χ4n) is 2.53. The zero-order valence-corrected chi connectivity index (χ0v) is 9.71. The highest BCUT2D eigenvalue weighted by Gasteiger charge is 2.20. The first-order valence-electron chi connectivity index (χ1n) is 6.10. The smallest absolute Gasteiger partial charge is 0.164 e. The molecule has 1 heterocycles. The second kappa shape index (κ2) is 4.20. The minimum absolute atomic E-state index is 0.567. The Balaban J connectivity index is 1.97. The molecule has 2 aromatic rings. The maximum Gasteiger partial charge on any atom is 0.164 e. The van der Waals surface area contributed by atoms with Crippen LogP contribution >= 0.6 is 0 Å². The molecule has 4 heteroatoms. The number of nitrogens with two attached hydrogens (primary N) is 1. The first kappa shape index (κ1) is 10.3. The summed E-state index contributed by atoms with van der Waals surface area (Å²) in [6.45, 7) is 0. The molecule has 1 aromatic heterocycles. The zero-order valence-electron chi connectivity index (χ0n) is 9.71. The van der Waals surface area contributed by atoms with Crippen LogP contribution in [0.2, 0.25) is 0 Å². The van der Waals surface area contributed by atoms with E-state index in [1.807, 2.05) is 30.6 Å². The molecule has 0 radical (unpaired) electrons. The van der Waals surface area contributed by atoms with Gasteiger partial charge in [-0.05, 0) is 37.1 Å². The van der Waals surface area contributed by atoms with Gasteiger partial charge in [-0.3, -0.25) is 0 Å². The fourth-order valence-corrected chi connectivity index (χ4v) is 2.53. The lowest BCUT2D eigenvalue weighted by Crippen LogP contribution is -2.05. The predicted molar refractivity (Wildman–Crippen MR) is 67.4 cm³/mol. The molecule has 0 spiro atoms. The molecule has 1 aliphatic rings. The minimum Gasteiger partial charge on any atom is -0.399 e. The first-order valence-corrected chi connectivity index (χ1v) is 6.10. The normalized spacial score (nSPS) is 16.5. The monoisotopic (exact) mass is 228 g/mol. The van der Waals surface area contributed by atoms with Crippen molar-refractivity contribution in [1.82, 2.24) is 14.8 Å². The first-order chi connectivity index (χ1) is 8.34. The summed E-state index contributed by atoms with van der Waals surface area (Å²) in [6.07, 6.45) is 6.94. The molecule has 1 saturated carbocycles. The molecule has 0 amide bonds. The van der Waals surface area contributed by atoms with Crippen molar-refractivity contribution >= 4 is 5.69 Å². The number of hydrogen-bond donors (Lipinski definition) is 1. The van der Waals surface area contributed by atoms with Gasteiger partial charge in [-0.15, -0.1) is 10.2 Å². The van der Waals surface area contributed by atoms with E-state index < -0.39 is 0 Å². The maximum absolute atomic E-state index is 5.70. The van der Waals surface area contributed by atoms with Crippen LogP contribution < -0.4 is 5.73 Å². The highest BCUT2D eigenvalue weighted by molar-refractivity contribution is 5.58. The lowest BCUT2D eigenvalue weighted by atomic mass is 10.1. The molecule has 88 valence electrons. The Kier molecular flexibility index (Phi) is 2.55. The number of benzene rings is 1. The van der Waals surface area contributed by atoms with Crippen LogP contribution in [0.25, 0.3) is 11.4 Å². The summed E-state index contributed by atoms with van der Waals surface area (Å²) in [4.78, 5) is 0. The van der Waals surface area contributed by atoms with Gasteiger partial charge in [-0.25, -0.2) is 0 Å². The number of hydrogen-bond acceptors (Lipinski definition) is 3. The standard InChI is InChI=1S/C13H16N4/c14-11-7-5-10(6-8-11)13-16-15-9-17(13)12-3-1-2-4-12/h5-9,12H,1-4,14H2. The van der Waals surface area contributed by atoms with Crippen molar-refractivity contribution in [1.29, 1.82) is 0 Å². The van der Waals surface area contributed by atoms with Crippen LogP contribution in [0.3, 0.4) is 0 Å². The van der Waals surface area contributed by atoms with Crippen LogP contribution in [0.5, 0.6) is 0 Å². The van der Waals surface area contributed by atoms with E-state index in [-0.39, 0.29) is 0 Å². The molecule has 1 aliphatic carbocycles. The Morgan fingerprint density at radius 1 is 1.12 bits per heavy atom. The van der Waals surface area contributed by atoms with Crippen molar-refractivity contribution in [3.8, 4) is 11.4 Å². The van der Waals surface area contributed by atoms with Gasteiger partial charge < -0.3 is 10.3 Å². The molecular formula is C13H16N4. The van der Waals surface area contributed by atoms with Crippen LogP contribution in [0, 0.1) is 0 Å². The second-order valence-corrected chi connectivity index (χ2v) is 4.62. The van der Waals surface area contributed by atoms with E-state index in [0.29, 0.717) is 6.04 Å². The van der Waals surface area contributed by atoms with Crippen molar-refractivity contribution in [3.63, 3.8) is 0 Å². The molecule has 0 bridgehead atoms. The summed E-state index contributed by atoms with van der Waals surface area (Å²) >= 11 is 0. The molecule has 0 saturated heterocycles. The Bertz CT molecular complexity index is 494. The number of aromatic nitrogens is 3. The topological polar surface area (TPSA) is 56.7 Å². The summed E-state index contributed by atoms with van der Waals surface area (Å²) < 4.78 is 2.21. The van der Waals surface area contributed by atoms with E-state index in [1.54, 1.807) is 0 Å². The van der Waals surface area contributed by atoms with Crippen molar-refractivity contribution in [2.45, 2.75) is 31.7 Å². The number of rotatable bonds is 2. The Morgan fingerprint density at radius 3 is 2.53 bits per heavy atom. The zero-order chi connectivity index (χ0) is 11.7. The largest absolute Gasteiger partial charge is 0.399 e. The molecule has 0 aliphatic heterocycles. The molecule has 1 fully saturated rings. The number of nitrogen functional groups attached to an aromatic ring is 1. The van der Waals surface area contributed by atoms with Gasteiger partial charge in [0, 0.05) is 17.3 Å². The van der Waals surface area contributed by atoms with Gasteiger partial charge in [0.25, 0.3) is 0 Å². The summed E-state index contributed by atoms with van der Waals surface area (Å²) in [6, 6.07) is 8.39. The van der Waals surface area contributed by atoms with E-state index >= 15 is 0 Å². The summed E-state index contributed by atoms with van der Waals surface area (Å²) in [5, 5.41) is 8.28. The van der Waals surface area contributed by atoms with E-state index in [0.717, 1.165) is 17.1 Å². The summed E-state index contributed by atoms with van der Waals surface area (Å²) in [5.41, 5.74) is 7.56. The minimum atomic E-state index is 0.567. The van der Waals surface area contributed by atoms with Gasteiger partial charge in [0.15, 0.2) is 5.82 Å². The van der Waals surface area contributed by atoms with Crippen LogP contribution in [0.15, 0.2) is 30.6 Å². The molecule has 3 rings (SSSR count). The molecule has 17 heavy (non-hydrogen) atoms. The average molecular weight is 228 g/mol. The predicted octanol–water partition coefficient (Wildman–Crippen LogP) is 2.64. The average Bonchev–Trinajstić information content (AvgIpc) is 3.00. The lowest BCUT2D eigenvalue weighted by molar-refractivity contribution is 0.522. The quantitative estimate of drug-likeness (QED) is 0.804. The summed E-state index contributed by atoms with van der Waals surface area (Å²) in [5.74, 6) is 0.955. The third kappa shape index (κ3) is 1.90. The van der Waals surface area contributed by atoms with E-state index in [4.69, 9.17) is 5.73 Å². The van der Waals surface area contributed by atoms with Gasteiger partial charge in [0.05, 0.1) is 0 Å². The van der Waals surface area contributed by atoms with Gasteiger partial charge in [0.2, 0.25) is 0 Å².